The van der Waals surface area contributed by atoms with Crippen molar-refractivity contribution < 1.29 is 23.1 Å². The molecule has 4 aliphatic heterocycles. The van der Waals surface area contributed by atoms with Crippen molar-refractivity contribution in [3.8, 4) is 0 Å². The molecular weight excluding hydrogens is 664 g/mol. The van der Waals surface area contributed by atoms with Crippen molar-refractivity contribution in [1.29, 1.82) is 0 Å². The van der Waals surface area contributed by atoms with Gasteiger partial charge in [0, 0.05) is 85.9 Å². The van der Waals surface area contributed by atoms with Crippen molar-refractivity contribution in [3.63, 3.8) is 0 Å². The summed E-state index contributed by atoms with van der Waals surface area (Å²) in [5, 5.41) is 2.24. The van der Waals surface area contributed by atoms with E-state index in [2.05, 4.69) is 42.0 Å². The first-order chi connectivity index (χ1) is 24.6. The number of hydrogen-bond acceptors (Lipinski definition) is 6. The maximum absolute atomic E-state index is 15.9. The molecule has 4 fully saturated rings. The Kier molecular flexibility index (Phi) is 10.9. The van der Waals surface area contributed by atoms with Gasteiger partial charge in [-0.15, -0.1) is 11.8 Å². The zero-order chi connectivity index (χ0) is 35.7. The van der Waals surface area contributed by atoms with E-state index < -0.39 is 5.25 Å². The molecule has 1 aliphatic carbocycles. The summed E-state index contributed by atoms with van der Waals surface area (Å²) in [7, 11) is 0. The number of hydrogen-bond donors (Lipinski definition) is 1. The van der Waals surface area contributed by atoms with Gasteiger partial charge >= 0.3 is 6.03 Å². The average molecular weight is 725 g/mol. The lowest BCUT2D eigenvalue weighted by Crippen LogP contribution is -2.53. The molecule has 282 valence electrons. The highest BCUT2D eigenvalue weighted by molar-refractivity contribution is 8.01. The van der Waals surface area contributed by atoms with E-state index in [1.807, 2.05) is 39.0 Å². The van der Waals surface area contributed by atoms with E-state index >= 15 is 4.39 Å². The molecule has 4 amide bonds. The zero-order valence-electron chi connectivity index (χ0n) is 30.6. The average Bonchev–Trinajstić information content (AvgIpc) is 3.31. The quantitative estimate of drug-likeness (QED) is 0.319. The normalized spacial score (nSPS) is 24.5. The van der Waals surface area contributed by atoms with Crippen molar-refractivity contribution in [2.45, 2.75) is 101 Å². The highest BCUT2D eigenvalue weighted by atomic mass is 32.2. The molecule has 0 bridgehead atoms. The third-order valence-electron chi connectivity index (χ3n) is 11.9. The van der Waals surface area contributed by atoms with Crippen LogP contribution >= 0.6 is 11.8 Å². The largest absolute Gasteiger partial charge is 0.366 e. The SMILES string of the molecule is CC(C)(C)N1CCN(c2c(F)cccc2[C@H]2S[C@@H](CC(=O)N3CCC(N4CCc5ccccc5NC4=O)CC3)C(=O)N2CC2CCCCC2)CC1.[HH].[HH].[HH]. The van der Waals surface area contributed by atoms with Crippen LogP contribution in [0.15, 0.2) is 42.5 Å². The van der Waals surface area contributed by atoms with Crippen LogP contribution in [-0.2, 0) is 16.0 Å². The minimum absolute atomic E-state index is 0. The van der Waals surface area contributed by atoms with E-state index in [0.717, 1.165) is 62.3 Å². The molecule has 0 unspecified atom stereocenters. The molecule has 2 aromatic carbocycles. The number of piperidine rings is 1. The van der Waals surface area contributed by atoms with Gasteiger partial charge in [-0.25, -0.2) is 9.18 Å². The lowest BCUT2D eigenvalue weighted by atomic mass is 9.88. The van der Waals surface area contributed by atoms with Gasteiger partial charge in [0.2, 0.25) is 11.8 Å². The van der Waals surface area contributed by atoms with Gasteiger partial charge in [-0.1, -0.05) is 49.6 Å². The number of carbonyl (C=O) groups is 3. The zero-order valence-corrected chi connectivity index (χ0v) is 31.4. The maximum Gasteiger partial charge on any atom is 0.322 e. The van der Waals surface area contributed by atoms with Gasteiger partial charge in [0.05, 0.1) is 10.9 Å². The minimum atomic E-state index is -0.507. The summed E-state index contributed by atoms with van der Waals surface area (Å²) >= 11 is 1.54. The number of rotatable bonds is 7. The number of carbonyl (C=O) groups excluding carboxylic acids is 3. The molecule has 4 heterocycles. The van der Waals surface area contributed by atoms with Crippen LogP contribution < -0.4 is 10.2 Å². The van der Waals surface area contributed by atoms with E-state index in [9.17, 15) is 14.4 Å². The summed E-state index contributed by atoms with van der Waals surface area (Å²) in [4.78, 5) is 51.7. The van der Waals surface area contributed by atoms with E-state index in [4.69, 9.17) is 0 Å². The molecule has 0 radical (unpaired) electrons. The number of thioether (sulfide) groups is 1. The van der Waals surface area contributed by atoms with Gasteiger partial charge in [0.15, 0.2) is 0 Å². The molecule has 3 saturated heterocycles. The third-order valence-corrected chi connectivity index (χ3v) is 13.4. The van der Waals surface area contributed by atoms with Gasteiger partial charge in [-0.2, -0.15) is 0 Å². The number of anilines is 2. The highest BCUT2D eigenvalue weighted by Crippen LogP contribution is 2.49. The first kappa shape index (κ1) is 36.1. The van der Waals surface area contributed by atoms with Gasteiger partial charge in [0.1, 0.15) is 11.2 Å². The van der Waals surface area contributed by atoms with Gasteiger partial charge in [-0.05, 0) is 76.5 Å². The molecule has 1 saturated carbocycles. The lowest BCUT2D eigenvalue weighted by molar-refractivity contribution is -0.137. The van der Waals surface area contributed by atoms with Crippen LogP contribution in [0.2, 0.25) is 0 Å². The third kappa shape index (κ3) is 7.89. The van der Waals surface area contributed by atoms with Crippen molar-refractivity contribution in [2.75, 3.05) is 62.6 Å². The van der Waals surface area contributed by atoms with E-state index in [0.29, 0.717) is 50.6 Å². The fourth-order valence-corrected chi connectivity index (χ4v) is 10.4. The number of halogens is 1. The number of likely N-dealkylation sites (tertiary alicyclic amines) is 1. The molecule has 2 atom stereocenters. The Morgan fingerprint density at radius 3 is 2.35 bits per heavy atom. The van der Waals surface area contributed by atoms with E-state index in [1.54, 1.807) is 12.1 Å². The van der Waals surface area contributed by atoms with Gasteiger partial charge < -0.3 is 24.9 Å². The van der Waals surface area contributed by atoms with Crippen molar-refractivity contribution in [3.05, 3.63) is 59.4 Å². The predicted octanol–water partition coefficient (Wildman–Crippen LogP) is 7.48. The predicted molar refractivity (Wildman–Crippen MR) is 209 cm³/mol. The number of benzene rings is 2. The van der Waals surface area contributed by atoms with E-state index in [1.165, 1.54) is 31.0 Å². The first-order valence-electron chi connectivity index (χ1n) is 19.2. The first-order valence-corrected chi connectivity index (χ1v) is 20.2. The number of amides is 4. The van der Waals surface area contributed by atoms with Crippen molar-refractivity contribution in [1.82, 2.24) is 19.6 Å². The summed E-state index contributed by atoms with van der Waals surface area (Å²) in [5.74, 6) is 0.178. The molecule has 0 spiro atoms. The Labute approximate surface area is 311 Å². The Balaban J connectivity index is 0.00000217. The Morgan fingerprint density at radius 1 is 0.902 bits per heavy atom. The second kappa shape index (κ2) is 15.3. The van der Waals surface area contributed by atoms with Crippen LogP contribution in [0.1, 0.15) is 92.9 Å². The topological polar surface area (TPSA) is 79.4 Å². The lowest BCUT2D eigenvalue weighted by Gasteiger charge is -2.44. The van der Waals surface area contributed by atoms with Gasteiger partial charge in [-0.3, -0.25) is 14.5 Å². The summed E-state index contributed by atoms with van der Waals surface area (Å²) in [6.45, 7) is 12.3. The number of para-hydroxylation sites is 2. The maximum atomic E-state index is 15.9. The molecular formula is C40H61FN6O3S. The van der Waals surface area contributed by atoms with Crippen LogP contribution in [0.3, 0.4) is 0 Å². The fraction of sp³-hybridized carbons (Fsp3) is 0.625. The summed E-state index contributed by atoms with van der Waals surface area (Å²) in [6.07, 6.45) is 8.17. The molecule has 0 aromatic heterocycles. The summed E-state index contributed by atoms with van der Waals surface area (Å²) in [6, 6.07) is 13.3. The fourth-order valence-electron chi connectivity index (χ4n) is 8.92. The number of nitrogens with zero attached hydrogens (tertiary/aromatic N) is 5. The summed E-state index contributed by atoms with van der Waals surface area (Å²) < 4.78 is 15.9. The van der Waals surface area contributed by atoms with Crippen LogP contribution in [0.25, 0.3) is 0 Å². The van der Waals surface area contributed by atoms with E-state index in [-0.39, 0.29) is 51.3 Å². The number of nitrogens with one attached hydrogen (secondary N) is 1. The Bertz CT molecular complexity index is 1590. The molecule has 7 rings (SSSR count). The second-order valence-electron chi connectivity index (χ2n) is 16.1. The van der Waals surface area contributed by atoms with Crippen LogP contribution in [-0.4, -0.2) is 107 Å². The molecule has 11 heteroatoms. The molecule has 2 aromatic rings. The van der Waals surface area contributed by atoms with Crippen molar-refractivity contribution >= 4 is 41.0 Å². The Hall–Kier alpha value is -3.31. The molecule has 1 N–H and O–H groups in total. The van der Waals surface area contributed by atoms with Gasteiger partial charge in [0.25, 0.3) is 0 Å². The van der Waals surface area contributed by atoms with Crippen LogP contribution in [0, 0.1) is 11.7 Å². The number of fused-ring (bicyclic) bond motifs is 1. The smallest absolute Gasteiger partial charge is 0.322 e. The second-order valence-corrected chi connectivity index (χ2v) is 17.4. The molecule has 5 aliphatic rings. The number of urea groups is 1. The molecule has 9 nitrogen and oxygen atoms in total. The monoisotopic (exact) mass is 724 g/mol. The van der Waals surface area contributed by atoms with Crippen LogP contribution in [0.5, 0.6) is 0 Å². The highest BCUT2D eigenvalue weighted by Gasteiger charge is 2.45. The Morgan fingerprint density at radius 2 is 1.63 bits per heavy atom. The standard InChI is InChI=1S/C40H55FN6O3S.3H2/c1-40(2,3)45-24-22-44(23-25-45)36-31(13-9-14-32(36)41)38-47(27-28-10-5-4-6-11-28)37(49)34(51-38)26-35(48)43-19-17-30(18-20-43)46-21-16-29-12-7-8-15-33(29)42-39(46)50;;;/h7-9,12-15,28,30,34,38H,4-6,10-11,16-27H2,1-3H3,(H,42,50);3*1H/t34-,38+;;;/m0.../s1. The minimum Gasteiger partial charge on any atom is -0.366 e. The van der Waals surface area contributed by atoms with Crippen LogP contribution in [0.4, 0.5) is 20.6 Å². The molecule has 51 heavy (non-hydrogen) atoms. The van der Waals surface area contributed by atoms with Crippen molar-refractivity contribution in [2.24, 2.45) is 5.92 Å². The number of piperazine rings is 1. The summed E-state index contributed by atoms with van der Waals surface area (Å²) in [5.41, 5.74) is 3.53.